The number of hydrogen-bond donors (Lipinski definition) is 2. The number of amides is 2. The second-order valence-electron chi connectivity index (χ2n) is 7.77. The number of anilines is 2. The maximum Gasteiger partial charge on any atom is 0.255 e. The van der Waals surface area contributed by atoms with Crippen LogP contribution in [0.5, 0.6) is 5.75 Å². The van der Waals surface area contributed by atoms with E-state index in [9.17, 15) is 14.9 Å². The van der Waals surface area contributed by atoms with Crippen LogP contribution in [0, 0.1) is 11.3 Å². The molecule has 35 heavy (non-hydrogen) atoms. The number of ether oxygens (including phenoxy) is 1. The highest BCUT2D eigenvalue weighted by Gasteiger charge is 2.15. The number of carbonyl (C=O) groups is 2. The van der Waals surface area contributed by atoms with E-state index in [1.807, 2.05) is 12.1 Å². The van der Waals surface area contributed by atoms with Gasteiger partial charge in [-0.15, -0.1) is 0 Å². The van der Waals surface area contributed by atoms with Crippen LogP contribution in [-0.2, 0) is 11.4 Å². The SMILES string of the molecule is CC(C(=O)Nc1cccc(NC(=O)c2cccc(OCc3ccccc3C#N)c2)c1)n1cccn1. The molecule has 1 aromatic heterocycles. The van der Waals surface area contributed by atoms with Crippen molar-refractivity contribution >= 4 is 23.2 Å². The predicted octanol–water partition coefficient (Wildman–Crippen LogP) is 4.79. The van der Waals surface area contributed by atoms with Crippen LogP contribution in [0.25, 0.3) is 0 Å². The van der Waals surface area contributed by atoms with Crippen LogP contribution in [0.1, 0.15) is 34.5 Å². The predicted molar refractivity (Wildman–Crippen MR) is 132 cm³/mol. The Morgan fingerprint density at radius 3 is 2.54 bits per heavy atom. The molecule has 0 bridgehead atoms. The van der Waals surface area contributed by atoms with Crippen molar-refractivity contribution in [2.45, 2.75) is 19.6 Å². The van der Waals surface area contributed by atoms with Crippen molar-refractivity contribution in [3.8, 4) is 11.8 Å². The molecule has 1 heterocycles. The minimum Gasteiger partial charge on any atom is -0.489 e. The molecule has 8 nitrogen and oxygen atoms in total. The number of aromatic nitrogens is 2. The highest BCUT2D eigenvalue weighted by Crippen LogP contribution is 2.20. The molecular formula is C27H23N5O3. The molecule has 1 atom stereocenters. The second-order valence-corrected chi connectivity index (χ2v) is 7.77. The van der Waals surface area contributed by atoms with Gasteiger partial charge in [0.05, 0.1) is 11.6 Å². The van der Waals surface area contributed by atoms with Gasteiger partial charge >= 0.3 is 0 Å². The topological polar surface area (TPSA) is 109 Å². The lowest BCUT2D eigenvalue weighted by Gasteiger charge is -2.14. The van der Waals surface area contributed by atoms with Crippen molar-refractivity contribution in [3.63, 3.8) is 0 Å². The Morgan fingerprint density at radius 2 is 1.77 bits per heavy atom. The van der Waals surface area contributed by atoms with Crippen LogP contribution in [-0.4, -0.2) is 21.6 Å². The first kappa shape index (κ1) is 23.3. The molecule has 0 saturated heterocycles. The summed E-state index contributed by atoms with van der Waals surface area (Å²) in [5.74, 6) is -0.0275. The first-order valence-electron chi connectivity index (χ1n) is 11.0. The normalized spacial score (nSPS) is 11.2. The van der Waals surface area contributed by atoms with Crippen LogP contribution in [0.15, 0.2) is 91.3 Å². The molecule has 0 aliphatic rings. The molecule has 174 valence electrons. The van der Waals surface area contributed by atoms with Crippen molar-refractivity contribution in [1.82, 2.24) is 9.78 Å². The molecule has 8 heteroatoms. The highest BCUT2D eigenvalue weighted by atomic mass is 16.5. The van der Waals surface area contributed by atoms with Gasteiger partial charge < -0.3 is 15.4 Å². The Hall–Kier alpha value is -4.90. The molecule has 0 spiro atoms. The molecule has 1 unspecified atom stereocenters. The summed E-state index contributed by atoms with van der Waals surface area (Å²) < 4.78 is 7.37. The fraction of sp³-hybridized carbons (Fsp3) is 0.111. The van der Waals surface area contributed by atoms with Gasteiger partial charge in [0.2, 0.25) is 5.91 Å². The van der Waals surface area contributed by atoms with Gasteiger partial charge in [-0.3, -0.25) is 14.3 Å². The Balaban J connectivity index is 1.39. The van der Waals surface area contributed by atoms with Gasteiger partial charge in [0.25, 0.3) is 5.91 Å². The lowest BCUT2D eigenvalue weighted by molar-refractivity contribution is -0.119. The summed E-state index contributed by atoms with van der Waals surface area (Å²) in [5, 5.41) is 19.0. The zero-order chi connectivity index (χ0) is 24.6. The van der Waals surface area contributed by atoms with Gasteiger partial charge in [0.15, 0.2) is 0 Å². The van der Waals surface area contributed by atoms with Crippen LogP contribution in [0.4, 0.5) is 11.4 Å². The van der Waals surface area contributed by atoms with E-state index in [2.05, 4.69) is 21.8 Å². The summed E-state index contributed by atoms with van der Waals surface area (Å²) in [6.45, 7) is 1.97. The van der Waals surface area contributed by atoms with Gasteiger partial charge in [0, 0.05) is 34.9 Å². The molecule has 4 rings (SSSR count). The van der Waals surface area contributed by atoms with Gasteiger partial charge in [-0.1, -0.05) is 30.3 Å². The summed E-state index contributed by atoms with van der Waals surface area (Å²) in [7, 11) is 0. The molecule has 0 aliphatic heterocycles. The second kappa shape index (κ2) is 10.8. The van der Waals surface area contributed by atoms with Crippen LogP contribution in [0.2, 0.25) is 0 Å². The third kappa shape index (κ3) is 5.92. The van der Waals surface area contributed by atoms with E-state index < -0.39 is 6.04 Å². The summed E-state index contributed by atoms with van der Waals surface area (Å²) in [4.78, 5) is 25.3. The first-order valence-corrected chi connectivity index (χ1v) is 11.0. The van der Waals surface area contributed by atoms with Crippen LogP contribution >= 0.6 is 0 Å². The molecule has 4 aromatic rings. The molecule has 2 N–H and O–H groups in total. The fourth-order valence-electron chi connectivity index (χ4n) is 3.40. The van der Waals surface area contributed by atoms with E-state index in [0.717, 1.165) is 5.56 Å². The standard InChI is InChI=1S/C27H23N5O3/c1-19(32-14-6-13-29-32)26(33)30-23-10-5-11-24(16-23)31-27(34)20-9-4-12-25(15-20)35-18-22-8-3-2-7-21(22)17-28/h2-16,19H,18H2,1H3,(H,30,33)(H,31,34). The zero-order valence-electron chi connectivity index (χ0n) is 19.0. The lowest BCUT2D eigenvalue weighted by atomic mass is 10.1. The molecule has 0 saturated carbocycles. The maximum absolute atomic E-state index is 12.8. The third-order valence-electron chi connectivity index (χ3n) is 5.32. The molecular weight excluding hydrogens is 442 g/mol. The molecule has 0 fully saturated rings. The smallest absolute Gasteiger partial charge is 0.255 e. The van der Waals surface area contributed by atoms with Crippen molar-refractivity contribution in [1.29, 1.82) is 5.26 Å². The number of nitrogens with one attached hydrogen (secondary N) is 2. The van der Waals surface area contributed by atoms with Gasteiger partial charge in [-0.2, -0.15) is 10.4 Å². The minimum absolute atomic E-state index is 0.216. The highest BCUT2D eigenvalue weighted by molar-refractivity contribution is 6.05. The molecule has 2 amide bonds. The summed E-state index contributed by atoms with van der Waals surface area (Å²) in [6.07, 6.45) is 3.34. The van der Waals surface area contributed by atoms with E-state index in [1.54, 1.807) is 90.7 Å². The molecule has 3 aromatic carbocycles. The third-order valence-corrected chi connectivity index (χ3v) is 5.32. The van der Waals surface area contributed by atoms with Crippen molar-refractivity contribution in [3.05, 3.63) is 108 Å². The lowest BCUT2D eigenvalue weighted by Crippen LogP contribution is -2.24. The largest absolute Gasteiger partial charge is 0.489 e. The van der Waals surface area contributed by atoms with Crippen molar-refractivity contribution in [2.75, 3.05) is 10.6 Å². The fourth-order valence-corrected chi connectivity index (χ4v) is 3.40. The summed E-state index contributed by atoms with van der Waals surface area (Å²) >= 11 is 0. The number of rotatable bonds is 8. The maximum atomic E-state index is 12.8. The van der Waals surface area contributed by atoms with Gasteiger partial charge in [-0.05, 0) is 55.5 Å². The number of carbonyl (C=O) groups excluding carboxylic acids is 2. The van der Waals surface area contributed by atoms with Gasteiger partial charge in [-0.25, -0.2) is 0 Å². The Morgan fingerprint density at radius 1 is 1.00 bits per heavy atom. The Bertz CT molecular complexity index is 1380. The van der Waals surface area contributed by atoms with E-state index in [-0.39, 0.29) is 18.4 Å². The number of hydrogen-bond acceptors (Lipinski definition) is 5. The Kier molecular flexibility index (Phi) is 7.19. The number of nitrogens with zero attached hydrogens (tertiary/aromatic N) is 3. The first-order chi connectivity index (χ1) is 17.0. The average molecular weight is 466 g/mol. The number of nitriles is 1. The molecule has 0 radical (unpaired) electrons. The Labute approximate surface area is 202 Å². The van der Waals surface area contributed by atoms with E-state index >= 15 is 0 Å². The van der Waals surface area contributed by atoms with Crippen LogP contribution in [0.3, 0.4) is 0 Å². The van der Waals surface area contributed by atoms with E-state index in [4.69, 9.17) is 4.74 Å². The zero-order valence-corrected chi connectivity index (χ0v) is 19.0. The summed E-state index contributed by atoms with van der Waals surface area (Å²) in [6, 6.07) is 24.4. The molecule has 0 aliphatic carbocycles. The van der Waals surface area contributed by atoms with Crippen molar-refractivity contribution < 1.29 is 14.3 Å². The number of benzene rings is 3. The minimum atomic E-state index is -0.480. The average Bonchev–Trinajstić information content (AvgIpc) is 3.42. The van der Waals surface area contributed by atoms with E-state index in [1.165, 1.54) is 0 Å². The monoisotopic (exact) mass is 465 g/mol. The van der Waals surface area contributed by atoms with Crippen molar-refractivity contribution in [2.24, 2.45) is 0 Å². The van der Waals surface area contributed by atoms with Gasteiger partial charge in [0.1, 0.15) is 18.4 Å². The quantitative estimate of drug-likeness (QED) is 0.389. The van der Waals surface area contributed by atoms with Crippen LogP contribution < -0.4 is 15.4 Å². The summed E-state index contributed by atoms with van der Waals surface area (Å²) in [5.41, 5.74) is 2.82. The van der Waals surface area contributed by atoms with E-state index in [0.29, 0.717) is 28.3 Å².